The van der Waals surface area contributed by atoms with Crippen molar-refractivity contribution in [1.29, 1.82) is 0 Å². The third-order valence-electron chi connectivity index (χ3n) is 5.41. The van der Waals surface area contributed by atoms with Crippen LogP contribution in [0.25, 0.3) is 0 Å². The van der Waals surface area contributed by atoms with E-state index >= 15 is 0 Å². The lowest BCUT2D eigenvalue weighted by molar-refractivity contribution is -0.384. The summed E-state index contributed by atoms with van der Waals surface area (Å²) in [6.45, 7) is 3.88. The Morgan fingerprint density at radius 2 is 1.86 bits per heavy atom. The number of rotatable bonds is 8. The highest BCUT2D eigenvalue weighted by atomic mass is 16.6. The molecule has 0 aliphatic heterocycles. The maximum absolute atomic E-state index is 12.6. The van der Waals surface area contributed by atoms with Gasteiger partial charge in [-0.1, -0.05) is 12.8 Å². The highest BCUT2D eigenvalue weighted by Crippen LogP contribution is 2.31. The minimum absolute atomic E-state index is 0.136. The van der Waals surface area contributed by atoms with Crippen molar-refractivity contribution in [2.75, 3.05) is 11.9 Å². The number of benzene rings is 1. The Balaban J connectivity index is 1.64. The highest BCUT2D eigenvalue weighted by Gasteiger charge is 2.31. The summed E-state index contributed by atoms with van der Waals surface area (Å²) in [4.78, 5) is 36.0. The summed E-state index contributed by atoms with van der Waals surface area (Å²) in [7, 11) is 0. The first-order valence-electron chi connectivity index (χ1n) is 9.92. The fourth-order valence-electron chi connectivity index (χ4n) is 3.48. The highest BCUT2D eigenvalue weighted by molar-refractivity contribution is 5.99. The zero-order valence-electron chi connectivity index (χ0n) is 16.4. The van der Waals surface area contributed by atoms with Crippen LogP contribution in [0.5, 0.6) is 0 Å². The van der Waals surface area contributed by atoms with Gasteiger partial charge in [-0.3, -0.25) is 19.7 Å². The number of carbonyl (C=O) groups is 2. The van der Waals surface area contributed by atoms with E-state index in [1.807, 2.05) is 0 Å². The van der Waals surface area contributed by atoms with Gasteiger partial charge in [-0.2, -0.15) is 0 Å². The van der Waals surface area contributed by atoms with E-state index in [1.165, 1.54) is 18.9 Å². The number of nitro benzene ring substituents is 1. The number of nitro groups is 1. The Hall–Kier alpha value is -2.64. The van der Waals surface area contributed by atoms with Crippen molar-refractivity contribution in [1.82, 2.24) is 10.6 Å². The summed E-state index contributed by atoms with van der Waals surface area (Å²) in [6, 6.07) is 4.62. The number of anilines is 1. The molecule has 0 aromatic heterocycles. The number of nitrogens with one attached hydrogen (secondary N) is 3. The van der Waals surface area contributed by atoms with Gasteiger partial charge in [0.05, 0.1) is 4.92 Å². The lowest BCUT2D eigenvalue weighted by Gasteiger charge is -2.26. The summed E-state index contributed by atoms with van der Waals surface area (Å²) >= 11 is 0. The van der Waals surface area contributed by atoms with Gasteiger partial charge in [0.2, 0.25) is 5.91 Å². The summed E-state index contributed by atoms with van der Waals surface area (Å²) in [5.41, 5.74) is -0.680. The van der Waals surface area contributed by atoms with Crippen molar-refractivity contribution in [3.63, 3.8) is 0 Å². The largest absolute Gasteiger partial charge is 0.377 e. The van der Waals surface area contributed by atoms with Crippen LogP contribution >= 0.6 is 0 Å². The molecule has 152 valence electrons. The number of hydrogen-bond donors (Lipinski definition) is 3. The van der Waals surface area contributed by atoms with Crippen LogP contribution in [0.4, 0.5) is 11.4 Å². The Morgan fingerprint density at radius 1 is 1.18 bits per heavy atom. The molecule has 2 fully saturated rings. The molecule has 2 aliphatic rings. The topological polar surface area (TPSA) is 113 Å². The van der Waals surface area contributed by atoms with E-state index in [-0.39, 0.29) is 23.2 Å². The minimum Gasteiger partial charge on any atom is -0.377 e. The Labute approximate surface area is 164 Å². The average molecular weight is 388 g/mol. The Morgan fingerprint density at radius 3 is 2.46 bits per heavy atom. The van der Waals surface area contributed by atoms with Crippen molar-refractivity contribution in [2.24, 2.45) is 5.92 Å². The molecular weight excluding hydrogens is 360 g/mol. The van der Waals surface area contributed by atoms with Crippen LogP contribution in [0.15, 0.2) is 18.2 Å². The third-order valence-corrected chi connectivity index (χ3v) is 5.41. The number of hydrogen-bond acceptors (Lipinski definition) is 5. The van der Waals surface area contributed by atoms with Gasteiger partial charge in [-0.25, -0.2) is 0 Å². The summed E-state index contributed by atoms with van der Waals surface area (Å²) in [6.07, 6.45) is 6.62. The smallest absolute Gasteiger partial charge is 0.293 e. The van der Waals surface area contributed by atoms with Crippen LogP contribution in [0, 0.1) is 16.0 Å². The van der Waals surface area contributed by atoms with Gasteiger partial charge in [0, 0.05) is 24.2 Å². The molecule has 0 spiro atoms. The molecule has 1 aromatic carbocycles. The van der Waals surface area contributed by atoms with Crippen molar-refractivity contribution in [2.45, 2.75) is 64.0 Å². The van der Waals surface area contributed by atoms with E-state index < -0.39 is 16.4 Å². The van der Waals surface area contributed by atoms with Crippen molar-refractivity contribution in [3.8, 4) is 0 Å². The second-order valence-corrected chi connectivity index (χ2v) is 8.35. The monoisotopic (exact) mass is 388 g/mol. The molecule has 3 N–H and O–H groups in total. The van der Waals surface area contributed by atoms with E-state index in [9.17, 15) is 19.7 Å². The second kappa shape index (κ2) is 8.16. The van der Waals surface area contributed by atoms with Crippen LogP contribution in [0.2, 0.25) is 0 Å². The van der Waals surface area contributed by atoms with Gasteiger partial charge in [0.15, 0.2) is 0 Å². The fourth-order valence-corrected chi connectivity index (χ4v) is 3.48. The molecule has 2 aliphatic carbocycles. The van der Waals surface area contributed by atoms with Gasteiger partial charge < -0.3 is 16.0 Å². The molecule has 2 saturated carbocycles. The second-order valence-electron chi connectivity index (χ2n) is 8.35. The minimum atomic E-state index is -1.12. The van der Waals surface area contributed by atoms with Crippen LogP contribution in [0.1, 0.15) is 62.7 Å². The van der Waals surface area contributed by atoms with Crippen LogP contribution in [-0.4, -0.2) is 34.9 Å². The summed E-state index contributed by atoms with van der Waals surface area (Å²) in [5.74, 6) is -0.263. The molecule has 0 saturated heterocycles. The van der Waals surface area contributed by atoms with Crippen molar-refractivity contribution in [3.05, 3.63) is 33.9 Å². The molecule has 28 heavy (non-hydrogen) atoms. The quantitative estimate of drug-likeness (QED) is 0.468. The van der Waals surface area contributed by atoms with Gasteiger partial charge >= 0.3 is 0 Å². The van der Waals surface area contributed by atoms with Crippen molar-refractivity contribution >= 4 is 23.2 Å². The predicted octanol–water partition coefficient (Wildman–Crippen LogP) is 2.98. The van der Waals surface area contributed by atoms with Crippen molar-refractivity contribution < 1.29 is 14.5 Å². The van der Waals surface area contributed by atoms with E-state index in [2.05, 4.69) is 16.0 Å². The van der Waals surface area contributed by atoms with Crippen LogP contribution in [0.3, 0.4) is 0 Å². The van der Waals surface area contributed by atoms with Gasteiger partial charge in [-0.15, -0.1) is 0 Å². The van der Waals surface area contributed by atoms with Gasteiger partial charge in [-0.05, 0) is 57.6 Å². The maximum atomic E-state index is 12.6. The fraction of sp³-hybridized carbons (Fsp3) is 0.600. The molecule has 8 nitrogen and oxygen atoms in total. The first kappa shape index (κ1) is 20.1. The molecule has 0 heterocycles. The lowest BCUT2D eigenvalue weighted by atomic mass is 10.0. The SMILES string of the molecule is CC(C)(NC(=O)c1ccc(NC2CC2)c([N+](=O)[O-])c1)C(=O)NCC1CCCC1. The Bertz CT molecular complexity index is 767. The van der Waals surface area contributed by atoms with Crippen LogP contribution in [-0.2, 0) is 4.79 Å². The van der Waals surface area contributed by atoms with E-state index in [4.69, 9.17) is 0 Å². The molecule has 2 amide bonds. The number of amides is 2. The van der Waals surface area contributed by atoms with Gasteiger partial charge in [0.25, 0.3) is 11.6 Å². The molecule has 0 unspecified atom stereocenters. The molecule has 0 atom stereocenters. The average Bonchev–Trinajstić information content (AvgIpc) is 3.30. The lowest BCUT2D eigenvalue weighted by Crippen LogP contribution is -2.55. The van der Waals surface area contributed by atoms with E-state index in [1.54, 1.807) is 26.0 Å². The molecule has 8 heteroatoms. The zero-order chi connectivity index (χ0) is 20.3. The summed E-state index contributed by atoms with van der Waals surface area (Å²) < 4.78 is 0. The van der Waals surface area contributed by atoms with Gasteiger partial charge in [0.1, 0.15) is 11.2 Å². The predicted molar refractivity (Wildman–Crippen MR) is 106 cm³/mol. The number of carbonyl (C=O) groups excluding carboxylic acids is 2. The standard InChI is InChI=1S/C20H28N4O4/c1-20(2,19(26)21-12-13-5-3-4-6-13)23-18(25)14-7-10-16(22-15-8-9-15)17(11-14)24(27)28/h7,10-11,13,15,22H,3-6,8-9,12H2,1-2H3,(H,21,26)(H,23,25). The first-order chi connectivity index (χ1) is 13.3. The third kappa shape index (κ3) is 4.99. The molecule has 3 rings (SSSR count). The first-order valence-corrected chi connectivity index (χ1v) is 9.92. The molecule has 0 bridgehead atoms. The van der Waals surface area contributed by atoms with Crippen LogP contribution < -0.4 is 16.0 Å². The normalized spacial score (nSPS) is 17.2. The van der Waals surface area contributed by atoms with E-state index in [0.717, 1.165) is 25.7 Å². The Kier molecular flexibility index (Phi) is 5.86. The zero-order valence-corrected chi connectivity index (χ0v) is 16.4. The molecule has 1 aromatic rings. The van der Waals surface area contributed by atoms with E-state index in [0.29, 0.717) is 18.2 Å². The molecule has 0 radical (unpaired) electrons. The molecular formula is C20H28N4O4. The summed E-state index contributed by atoms with van der Waals surface area (Å²) in [5, 5.41) is 20.1. The number of nitrogens with zero attached hydrogens (tertiary/aromatic N) is 1. The maximum Gasteiger partial charge on any atom is 0.293 e.